The first-order chi connectivity index (χ1) is 12.0. The van der Waals surface area contributed by atoms with Crippen LogP contribution in [0.25, 0.3) is 5.69 Å². The summed E-state index contributed by atoms with van der Waals surface area (Å²) in [7, 11) is 0. The van der Waals surface area contributed by atoms with Crippen molar-refractivity contribution in [3.05, 3.63) is 42.1 Å². The van der Waals surface area contributed by atoms with Crippen LogP contribution in [-0.2, 0) is 4.74 Å². The lowest BCUT2D eigenvalue weighted by atomic mass is 9.57. The van der Waals surface area contributed by atoms with Gasteiger partial charge in [-0.1, -0.05) is 32.0 Å². The predicted octanol–water partition coefficient (Wildman–Crippen LogP) is 3.12. The minimum absolute atomic E-state index is 0.0308. The van der Waals surface area contributed by atoms with Gasteiger partial charge in [-0.3, -0.25) is 5.32 Å². The summed E-state index contributed by atoms with van der Waals surface area (Å²) >= 11 is 0. The van der Waals surface area contributed by atoms with Gasteiger partial charge in [0.05, 0.1) is 11.8 Å². The number of anilines is 1. The molecule has 0 unspecified atom stereocenters. The maximum Gasteiger partial charge on any atom is 0.320 e. The number of carbonyl (C=O) groups excluding carboxylic acids is 1. The first-order valence-corrected chi connectivity index (χ1v) is 8.77. The second-order valence-electron chi connectivity index (χ2n) is 7.58. The van der Waals surface area contributed by atoms with Crippen molar-refractivity contribution in [2.45, 2.75) is 39.3 Å². The third-order valence-corrected chi connectivity index (χ3v) is 5.54. The molecule has 1 saturated carbocycles. The SMILES string of the molecule is Cc1cn(-c2ccccc2)nc1NC(=O)N[C@@H]1[C@@H]2CCO[C@H]2C1(C)C. The van der Waals surface area contributed by atoms with E-state index in [2.05, 4.69) is 29.6 Å². The second kappa shape index (κ2) is 5.88. The fourth-order valence-electron chi connectivity index (χ4n) is 4.20. The van der Waals surface area contributed by atoms with Crippen molar-refractivity contribution in [2.75, 3.05) is 11.9 Å². The number of nitrogens with zero attached hydrogens (tertiary/aromatic N) is 2. The van der Waals surface area contributed by atoms with E-state index in [1.165, 1.54) is 0 Å². The maximum absolute atomic E-state index is 12.5. The monoisotopic (exact) mass is 340 g/mol. The highest BCUT2D eigenvalue weighted by molar-refractivity contribution is 5.89. The van der Waals surface area contributed by atoms with E-state index in [1.54, 1.807) is 4.68 Å². The molecule has 6 heteroatoms. The zero-order valence-electron chi connectivity index (χ0n) is 14.8. The Balaban J connectivity index is 1.44. The molecule has 1 saturated heterocycles. The molecule has 2 N–H and O–H groups in total. The van der Waals surface area contributed by atoms with Crippen LogP contribution >= 0.6 is 0 Å². The molecule has 2 aliphatic rings. The number of aromatic nitrogens is 2. The van der Waals surface area contributed by atoms with Crippen LogP contribution in [0.5, 0.6) is 0 Å². The molecular weight excluding hydrogens is 316 g/mol. The number of urea groups is 1. The van der Waals surface area contributed by atoms with Gasteiger partial charge >= 0.3 is 6.03 Å². The first kappa shape index (κ1) is 16.1. The topological polar surface area (TPSA) is 68.2 Å². The van der Waals surface area contributed by atoms with E-state index in [4.69, 9.17) is 4.74 Å². The normalized spacial score (nSPS) is 26.6. The van der Waals surface area contributed by atoms with Gasteiger partial charge in [0.1, 0.15) is 0 Å². The van der Waals surface area contributed by atoms with E-state index in [-0.39, 0.29) is 23.6 Å². The molecule has 132 valence electrons. The molecule has 3 atom stereocenters. The van der Waals surface area contributed by atoms with Crippen molar-refractivity contribution in [2.24, 2.45) is 11.3 Å². The number of hydrogen-bond donors (Lipinski definition) is 2. The fourth-order valence-corrected chi connectivity index (χ4v) is 4.20. The molecule has 0 spiro atoms. The summed E-state index contributed by atoms with van der Waals surface area (Å²) < 4.78 is 7.56. The van der Waals surface area contributed by atoms with Gasteiger partial charge in [0, 0.05) is 35.7 Å². The van der Waals surface area contributed by atoms with E-state index in [9.17, 15) is 4.79 Å². The highest BCUT2D eigenvalue weighted by atomic mass is 16.5. The van der Waals surface area contributed by atoms with Crippen molar-refractivity contribution < 1.29 is 9.53 Å². The van der Waals surface area contributed by atoms with E-state index in [0.29, 0.717) is 11.7 Å². The number of nitrogens with one attached hydrogen (secondary N) is 2. The van der Waals surface area contributed by atoms with Crippen molar-refractivity contribution in [1.29, 1.82) is 0 Å². The second-order valence-corrected chi connectivity index (χ2v) is 7.58. The zero-order chi connectivity index (χ0) is 17.6. The van der Waals surface area contributed by atoms with Gasteiger partial charge in [-0.15, -0.1) is 5.10 Å². The number of carbonyl (C=O) groups is 1. The lowest BCUT2D eigenvalue weighted by Gasteiger charge is -2.54. The number of ether oxygens (including phenoxy) is 1. The minimum Gasteiger partial charge on any atom is -0.377 e. The molecule has 0 bridgehead atoms. The van der Waals surface area contributed by atoms with Gasteiger partial charge in [-0.25, -0.2) is 9.48 Å². The number of aryl methyl sites for hydroxylation is 1. The van der Waals surface area contributed by atoms with Gasteiger partial charge in [-0.2, -0.15) is 0 Å². The van der Waals surface area contributed by atoms with E-state index in [0.717, 1.165) is 24.3 Å². The Labute approximate surface area is 147 Å². The molecule has 6 nitrogen and oxygen atoms in total. The Morgan fingerprint density at radius 2 is 2.08 bits per heavy atom. The van der Waals surface area contributed by atoms with Crippen LogP contribution in [0.4, 0.5) is 10.6 Å². The Hall–Kier alpha value is -2.34. The Bertz CT molecular complexity index is 784. The van der Waals surface area contributed by atoms with Gasteiger partial charge in [-0.05, 0) is 25.5 Å². The number of amides is 2. The van der Waals surface area contributed by atoms with Crippen molar-refractivity contribution in [3.8, 4) is 5.69 Å². The smallest absolute Gasteiger partial charge is 0.320 e. The number of benzene rings is 1. The molecule has 1 aliphatic carbocycles. The van der Waals surface area contributed by atoms with Gasteiger partial charge in [0.2, 0.25) is 0 Å². The van der Waals surface area contributed by atoms with Crippen molar-refractivity contribution >= 4 is 11.8 Å². The third kappa shape index (κ3) is 2.70. The number of rotatable bonds is 3. The lowest BCUT2D eigenvalue weighted by Crippen LogP contribution is -2.67. The summed E-state index contributed by atoms with van der Waals surface area (Å²) in [5.74, 6) is 1.00. The van der Waals surface area contributed by atoms with Gasteiger partial charge in [0.15, 0.2) is 5.82 Å². The minimum atomic E-state index is -0.204. The summed E-state index contributed by atoms with van der Waals surface area (Å²) in [6, 6.07) is 9.78. The van der Waals surface area contributed by atoms with Crippen LogP contribution in [0.15, 0.2) is 36.5 Å². The van der Waals surface area contributed by atoms with Crippen LogP contribution in [0.1, 0.15) is 25.8 Å². The van der Waals surface area contributed by atoms with E-state index < -0.39 is 0 Å². The third-order valence-electron chi connectivity index (χ3n) is 5.54. The molecule has 2 aromatic rings. The largest absolute Gasteiger partial charge is 0.377 e. The Kier molecular flexibility index (Phi) is 3.80. The highest BCUT2D eigenvalue weighted by Crippen LogP contribution is 2.52. The van der Waals surface area contributed by atoms with Gasteiger partial charge < -0.3 is 10.1 Å². The molecule has 4 rings (SSSR count). The Morgan fingerprint density at radius 3 is 2.84 bits per heavy atom. The van der Waals surface area contributed by atoms with Crippen LogP contribution in [0.2, 0.25) is 0 Å². The van der Waals surface area contributed by atoms with Crippen LogP contribution in [0, 0.1) is 18.3 Å². The molecular formula is C19H24N4O2. The van der Waals surface area contributed by atoms with E-state index >= 15 is 0 Å². The molecule has 2 heterocycles. The Morgan fingerprint density at radius 1 is 1.32 bits per heavy atom. The number of para-hydroxylation sites is 1. The summed E-state index contributed by atoms with van der Waals surface area (Å²) in [4.78, 5) is 12.5. The van der Waals surface area contributed by atoms with Crippen LogP contribution < -0.4 is 10.6 Å². The number of hydrogen-bond acceptors (Lipinski definition) is 3. The maximum atomic E-state index is 12.5. The molecule has 2 fully saturated rings. The first-order valence-electron chi connectivity index (χ1n) is 8.77. The van der Waals surface area contributed by atoms with Crippen LogP contribution in [-0.4, -0.2) is 34.6 Å². The van der Waals surface area contributed by atoms with Crippen LogP contribution in [0.3, 0.4) is 0 Å². The predicted molar refractivity (Wildman–Crippen MR) is 95.9 cm³/mol. The average Bonchev–Trinajstić information content (AvgIpc) is 3.20. The summed E-state index contributed by atoms with van der Waals surface area (Å²) in [5.41, 5.74) is 1.86. The zero-order valence-corrected chi connectivity index (χ0v) is 14.8. The molecule has 1 aromatic carbocycles. The van der Waals surface area contributed by atoms with Crippen molar-refractivity contribution in [3.63, 3.8) is 0 Å². The molecule has 25 heavy (non-hydrogen) atoms. The molecule has 2 amide bonds. The number of fused-ring (bicyclic) bond motifs is 1. The standard InChI is InChI=1S/C19H24N4O2/c1-12-11-23(13-7-5-4-6-8-13)22-17(12)21-18(24)20-15-14-9-10-25-16(14)19(15,2)3/h4-8,11,14-16H,9-10H2,1-3H3,(H2,20,21,22,24)/t14-,15+,16+/m0/s1. The average molecular weight is 340 g/mol. The quantitative estimate of drug-likeness (QED) is 0.902. The fraction of sp³-hybridized carbons (Fsp3) is 0.474. The molecule has 1 aliphatic heterocycles. The lowest BCUT2D eigenvalue weighted by molar-refractivity contribution is -0.107. The molecule has 1 aromatic heterocycles. The highest BCUT2D eigenvalue weighted by Gasteiger charge is 2.59. The summed E-state index contributed by atoms with van der Waals surface area (Å²) in [6.45, 7) is 7.04. The molecule has 0 radical (unpaired) electrons. The van der Waals surface area contributed by atoms with Crippen molar-refractivity contribution in [1.82, 2.24) is 15.1 Å². The van der Waals surface area contributed by atoms with E-state index in [1.807, 2.05) is 43.5 Å². The summed E-state index contributed by atoms with van der Waals surface area (Å²) in [6.07, 6.45) is 3.19. The van der Waals surface area contributed by atoms with Gasteiger partial charge in [0.25, 0.3) is 0 Å². The summed E-state index contributed by atoms with van der Waals surface area (Å²) in [5, 5.41) is 10.5.